The van der Waals surface area contributed by atoms with Gasteiger partial charge in [0.05, 0.1) is 10.7 Å². The van der Waals surface area contributed by atoms with E-state index in [1.807, 2.05) is 6.07 Å². The summed E-state index contributed by atoms with van der Waals surface area (Å²) in [5.41, 5.74) is 1.79. The van der Waals surface area contributed by atoms with Crippen LogP contribution in [0.3, 0.4) is 0 Å². The van der Waals surface area contributed by atoms with Gasteiger partial charge in [0.1, 0.15) is 24.2 Å². The van der Waals surface area contributed by atoms with E-state index in [0.717, 1.165) is 0 Å². The maximum Gasteiger partial charge on any atom is 0.293 e. The van der Waals surface area contributed by atoms with Crippen molar-refractivity contribution < 1.29 is 8.91 Å². The standard InChI is InChI=1S/C20H12ClFN6O2/c21-15-4-2-1-3-14(15)19-24-18(30-26-19)10-27-20(29)17-9-16(25-28(17)11-23-27)12-5-7-13(22)8-6-12/h1-9,11H,10H2. The summed E-state index contributed by atoms with van der Waals surface area (Å²) < 4.78 is 21.0. The van der Waals surface area contributed by atoms with Crippen molar-refractivity contribution in [1.82, 2.24) is 29.5 Å². The zero-order valence-corrected chi connectivity index (χ0v) is 16.0. The SMILES string of the molecule is O=c1c2cc(-c3ccc(F)cc3)nn2cnn1Cc1nc(-c2ccccc2Cl)no1. The minimum atomic E-state index is -0.379. The number of hydrogen-bond acceptors (Lipinski definition) is 6. The molecule has 148 valence electrons. The Kier molecular flexibility index (Phi) is 4.36. The monoisotopic (exact) mass is 422 g/mol. The topological polar surface area (TPSA) is 91.1 Å². The molecule has 30 heavy (non-hydrogen) atoms. The summed E-state index contributed by atoms with van der Waals surface area (Å²) in [6, 6.07) is 14.6. The maximum atomic E-state index is 13.1. The van der Waals surface area contributed by atoms with Gasteiger partial charge in [-0.1, -0.05) is 28.9 Å². The third kappa shape index (κ3) is 3.25. The first kappa shape index (κ1) is 18.2. The molecule has 0 amide bonds. The fraction of sp³-hybridized carbons (Fsp3) is 0.0500. The van der Waals surface area contributed by atoms with Gasteiger partial charge in [0.15, 0.2) is 0 Å². The number of rotatable bonds is 4. The van der Waals surface area contributed by atoms with Gasteiger partial charge in [-0.2, -0.15) is 15.2 Å². The molecule has 3 heterocycles. The second-order valence-corrected chi connectivity index (χ2v) is 6.86. The van der Waals surface area contributed by atoms with E-state index in [9.17, 15) is 9.18 Å². The van der Waals surface area contributed by atoms with Crippen molar-refractivity contribution in [2.75, 3.05) is 0 Å². The van der Waals surface area contributed by atoms with Crippen molar-refractivity contribution in [3.63, 3.8) is 0 Å². The normalized spacial score (nSPS) is 11.3. The van der Waals surface area contributed by atoms with Crippen LogP contribution in [-0.2, 0) is 6.54 Å². The fourth-order valence-corrected chi connectivity index (χ4v) is 3.23. The second-order valence-electron chi connectivity index (χ2n) is 6.45. The molecule has 3 aromatic heterocycles. The first-order chi connectivity index (χ1) is 14.6. The molecule has 0 saturated heterocycles. The minimum Gasteiger partial charge on any atom is -0.337 e. The number of hydrogen-bond donors (Lipinski definition) is 0. The van der Waals surface area contributed by atoms with Crippen LogP contribution in [0.15, 0.2) is 70.2 Å². The molecule has 0 radical (unpaired) electrons. The van der Waals surface area contributed by atoms with Crippen LogP contribution in [0.4, 0.5) is 4.39 Å². The van der Waals surface area contributed by atoms with Gasteiger partial charge < -0.3 is 4.52 Å². The van der Waals surface area contributed by atoms with Crippen LogP contribution in [0.1, 0.15) is 5.89 Å². The third-order valence-corrected chi connectivity index (χ3v) is 4.83. The predicted octanol–water partition coefficient (Wildman–Crippen LogP) is 3.45. The summed E-state index contributed by atoms with van der Waals surface area (Å²) in [6.45, 7) is -0.0101. The maximum absolute atomic E-state index is 13.1. The van der Waals surface area contributed by atoms with Crippen molar-refractivity contribution in [1.29, 1.82) is 0 Å². The van der Waals surface area contributed by atoms with Crippen LogP contribution in [-0.4, -0.2) is 29.5 Å². The van der Waals surface area contributed by atoms with Crippen LogP contribution in [0.5, 0.6) is 0 Å². The molecule has 0 N–H and O–H groups in total. The van der Waals surface area contributed by atoms with Gasteiger partial charge in [-0.25, -0.2) is 13.6 Å². The van der Waals surface area contributed by atoms with E-state index in [1.165, 1.54) is 27.7 Å². The van der Waals surface area contributed by atoms with E-state index in [2.05, 4.69) is 20.3 Å². The Hall–Kier alpha value is -3.85. The Bertz CT molecular complexity index is 1420. The third-order valence-electron chi connectivity index (χ3n) is 4.50. The first-order valence-corrected chi connectivity index (χ1v) is 9.25. The second kappa shape index (κ2) is 7.20. The van der Waals surface area contributed by atoms with E-state index in [0.29, 0.717) is 33.2 Å². The zero-order valence-electron chi connectivity index (χ0n) is 15.2. The lowest BCUT2D eigenvalue weighted by Crippen LogP contribution is -2.25. The molecule has 0 aliphatic rings. The average Bonchev–Trinajstić information content (AvgIpc) is 3.39. The zero-order chi connectivity index (χ0) is 20.7. The summed E-state index contributed by atoms with van der Waals surface area (Å²) in [5.74, 6) is 0.192. The van der Waals surface area contributed by atoms with Crippen LogP contribution in [0, 0.1) is 5.82 Å². The quantitative estimate of drug-likeness (QED) is 0.440. The van der Waals surface area contributed by atoms with Gasteiger partial charge in [0.25, 0.3) is 5.56 Å². The Morgan fingerprint density at radius 3 is 2.70 bits per heavy atom. The van der Waals surface area contributed by atoms with E-state index in [1.54, 1.807) is 36.4 Å². The van der Waals surface area contributed by atoms with Gasteiger partial charge in [-0.3, -0.25) is 4.79 Å². The van der Waals surface area contributed by atoms with Crippen LogP contribution >= 0.6 is 11.6 Å². The molecule has 5 rings (SSSR count). The van der Waals surface area contributed by atoms with Crippen molar-refractivity contribution >= 4 is 17.1 Å². The van der Waals surface area contributed by atoms with Gasteiger partial charge in [0, 0.05) is 11.1 Å². The van der Waals surface area contributed by atoms with Crippen LogP contribution < -0.4 is 5.56 Å². The highest BCUT2D eigenvalue weighted by Gasteiger charge is 2.15. The molecule has 0 atom stereocenters. The van der Waals surface area contributed by atoms with Crippen LogP contribution in [0.2, 0.25) is 5.02 Å². The molecule has 0 aliphatic carbocycles. The number of fused-ring (bicyclic) bond motifs is 1. The molecule has 0 fully saturated rings. The van der Waals surface area contributed by atoms with Crippen LogP contribution in [0.25, 0.3) is 28.2 Å². The van der Waals surface area contributed by atoms with Crippen molar-refractivity contribution in [2.24, 2.45) is 0 Å². The number of nitrogens with zero attached hydrogens (tertiary/aromatic N) is 6. The lowest BCUT2D eigenvalue weighted by atomic mass is 10.1. The average molecular weight is 423 g/mol. The Morgan fingerprint density at radius 1 is 1.10 bits per heavy atom. The summed E-state index contributed by atoms with van der Waals surface area (Å²) in [5, 5.41) is 12.9. The largest absolute Gasteiger partial charge is 0.337 e. The smallest absolute Gasteiger partial charge is 0.293 e. The minimum absolute atomic E-state index is 0.0101. The highest BCUT2D eigenvalue weighted by atomic mass is 35.5. The van der Waals surface area contributed by atoms with E-state index in [-0.39, 0.29) is 23.8 Å². The van der Waals surface area contributed by atoms with Crippen molar-refractivity contribution in [3.8, 4) is 22.6 Å². The van der Waals surface area contributed by atoms with Gasteiger partial charge in [-0.05, 0) is 42.5 Å². The van der Waals surface area contributed by atoms with Crippen molar-refractivity contribution in [2.45, 2.75) is 6.54 Å². The Balaban J connectivity index is 1.47. The Morgan fingerprint density at radius 2 is 1.90 bits per heavy atom. The molecule has 0 unspecified atom stereocenters. The molecule has 5 aromatic rings. The molecular formula is C20H12ClFN6O2. The lowest BCUT2D eigenvalue weighted by molar-refractivity contribution is 0.362. The number of aromatic nitrogens is 6. The molecule has 0 aliphatic heterocycles. The molecule has 0 saturated carbocycles. The van der Waals surface area contributed by atoms with E-state index in [4.69, 9.17) is 16.1 Å². The first-order valence-electron chi connectivity index (χ1n) is 8.87. The number of halogens is 2. The lowest BCUT2D eigenvalue weighted by Gasteiger charge is -2.00. The molecule has 10 heteroatoms. The highest BCUT2D eigenvalue weighted by Crippen LogP contribution is 2.25. The molecular weight excluding hydrogens is 411 g/mol. The highest BCUT2D eigenvalue weighted by molar-refractivity contribution is 6.33. The molecule has 0 bridgehead atoms. The summed E-state index contributed by atoms with van der Waals surface area (Å²) in [6.07, 6.45) is 1.41. The van der Waals surface area contributed by atoms with Gasteiger partial charge >= 0.3 is 0 Å². The molecule has 2 aromatic carbocycles. The van der Waals surface area contributed by atoms with E-state index >= 15 is 0 Å². The molecule has 8 nitrogen and oxygen atoms in total. The Labute approximate surface area is 173 Å². The van der Waals surface area contributed by atoms with Crippen molar-refractivity contribution in [3.05, 3.63) is 88.0 Å². The molecule has 0 spiro atoms. The van der Waals surface area contributed by atoms with E-state index < -0.39 is 0 Å². The number of benzene rings is 2. The predicted molar refractivity (Wildman–Crippen MR) is 106 cm³/mol. The van der Waals surface area contributed by atoms with Gasteiger partial charge in [-0.15, -0.1) is 0 Å². The summed E-state index contributed by atoms with van der Waals surface area (Å²) in [4.78, 5) is 17.1. The summed E-state index contributed by atoms with van der Waals surface area (Å²) in [7, 11) is 0. The van der Waals surface area contributed by atoms with Gasteiger partial charge in [0.2, 0.25) is 11.7 Å². The fourth-order valence-electron chi connectivity index (χ4n) is 3.01. The summed E-state index contributed by atoms with van der Waals surface area (Å²) >= 11 is 6.16.